The number of carbonyl (C=O) groups is 1. The maximum Gasteiger partial charge on any atom is 0.178 e. The number of aromatic nitrogens is 1. The number of nitrogens with zero attached hydrogens (tertiary/aromatic N) is 1. The smallest absolute Gasteiger partial charge is 0.178 e. The molecule has 0 saturated heterocycles. The van der Waals surface area contributed by atoms with Gasteiger partial charge in [0, 0.05) is 22.6 Å². The molecular weight excluding hydrogens is 241 g/mol. The van der Waals surface area contributed by atoms with Gasteiger partial charge in [0.15, 0.2) is 12.1 Å². The molecule has 0 aliphatic heterocycles. The number of aryl methyl sites for hydroxylation is 1. The van der Waals surface area contributed by atoms with Gasteiger partial charge in [0.2, 0.25) is 0 Å². The summed E-state index contributed by atoms with van der Waals surface area (Å²) in [5.41, 5.74) is 3.44. The van der Waals surface area contributed by atoms with E-state index < -0.39 is 5.83 Å². The summed E-state index contributed by atoms with van der Waals surface area (Å²) in [7, 11) is 0. The molecule has 0 bridgehead atoms. The molecule has 2 nitrogen and oxygen atoms in total. The van der Waals surface area contributed by atoms with E-state index in [1.165, 1.54) is 5.69 Å². The van der Waals surface area contributed by atoms with Gasteiger partial charge in [0.1, 0.15) is 0 Å². The van der Waals surface area contributed by atoms with Crippen LogP contribution < -0.4 is 0 Å². The Kier molecular flexibility index (Phi) is 3.56. The van der Waals surface area contributed by atoms with Crippen molar-refractivity contribution in [1.29, 1.82) is 0 Å². The van der Waals surface area contributed by atoms with Gasteiger partial charge in [-0.3, -0.25) is 4.79 Å². The van der Waals surface area contributed by atoms with Crippen LogP contribution in [-0.2, 0) is 4.79 Å². The van der Waals surface area contributed by atoms with E-state index in [1.54, 1.807) is 6.92 Å². The fourth-order valence-corrected chi connectivity index (χ4v) is 2.52. The third-order valence-electron chi connectivity index (χ3n) is 3.44. The second-order valence-electron chi connectivity index (χ2n) is 5.11. The first-order valence-corrected chi connectivity index (χ1v) is 6.39. The average Bonchev–Trinajstić information content (AvgIpc) is 2.71. The van der Waals surface area contributed by atoms with E-state index in [1.807, 2.05) is 18.2 Å². The summed E-state index contributed by atoms with van der Waals surface area (Å²) in [6.45, 7) is 7.96. The minimum atomic E-state index is -0.709. The van der Waals surface area contributed by atoms with Gasteiger partial charge in [-0.05, 0) is 57.0 Å². The van der Waals surface area contributed by atoms with Crippen LogP contribution in [-0.4, -0.2) is 10.9 Å². The van der Waals surface area contributed by atoms with Crippen molar-refractivity contribution in [3.05, 3.63) is 41.3 Å². The molecular formula is C16H18FNO. The maximum atomic E-state index is 13.3. The Morgan fingerprint density at radius 1 is 1.32 bits per heavy atom. The molecule has 0 atom stereocenters. The van der Waals surface area contributed by atoms with Gasteiger partial charge in [0.05, 0.1) is 0 Å². The van der Waals surface area contributed by atoms with Gasteiger partial charge >= 0.3 is 0 Å². The standard InChI is InChI=1S/C16H18FNO/c1-10(2)18-11(3)7-14-8-13(5-6-16(14)18)12(4)15(17)9-19/h5-10H,1-4H3/b15-12+. The fourth-order valence-electron chi connectivity index (χ4n) is 2.52. The molecule has 1 heterocycles. The zero-order valence-electron chi connectivity index (χ0n) is 11.7. The number of aldehydes is 1. The van der Waals surface area contributed by atoms with Crippen LogP contribution in [0.3, 0.4) is 0 Å². The Balaban J connectivity index is 2.64. The lowest BCUT2D eigenvalue weighted by atomic mass is 10.0. The van der Waals surface area contributed by atoms with Crippen molar-refractivity contribution in [1.82, 2.24) is 4.57 Å². The minimum Gasteiger partial charge on any atom is -0.342 e. The molecule has 100 valence electrons. The lowest BCUT2D eigenvalue weighted by Crippen LogP contribution is -2.01. The summed E-state index contributed by atoms with van der Waals surface area (Å²) in [5.74, 6) is -0.709. The molecule has 19 heavy (non-hydrogen) atoms. The largest absolute Gasteiger partial charge is 0.342 e. The Morgan fingerprint density at radius 2 is 2.00 bits per heavy atom. The highest BCUT2D eigenvalue weighted by molar-refractivity contribution is 5.89. The molecule has 0 spiro atoms. The molecule has 0 fully saturated rings. The van der Waals surface area contributed by atoms with Crippen molar-refractivity contribution in [2.45, 2.75) is 33.7 Å². The first-order chi connectivity index (χ1) is 8.95. The predicted molar refractivity (Wildman–Crippen MR) is 76.8 cm³/mol. The van der Waals surface area contributed by atoms with Gasteiger partial charge < -0.3 is 4.57 Å². The molecule has 0 saturated carbocycles. The number of carbonyl (C=O) groups excluding carboxylic acids is 1. The molecule has 2 aromatic rings. The van der Waals surface area contributed by atoms with E-state index >= 15 is 0 Å². The second kappa shape index (κ2) is 5.00. The number of hydrogen-bond donors (Lipinski definition) is 0. The van der Waals surface area contributed by atoms with Crippen LogP contribution in [0.1, 0.15) is 38.1 Å². The molecule has 0 N–H and O–H groups in total. The highest BCUT2D eigenvalue weighted by Gasteiger charge is 2.10. The van der Waals surface area contributed by atoms with Crippen LogP contribution in [0.25, 0.3) is 16.5 Å². The van der Waals surface area contributed by atoms with Crippen LogP contribution >= 0.6 is 0 Å². The van der Waals surface area contributed by atoms with E-state index in [9.17, 15) is 9.18 Å². The summed E-state index contributed by atoms with van der Waals surface area (Å²) in [4.78, 5) is 10.5. The van der Waals surface area contributed by atoms with E-state index in [0.29, 0.717) is 11.6 Å². The van der Waals surface area contributed by atoms with Crippen LogP contribution in [0.2, 0.25) is 0 Å². The number of rotatable bonds is 3. The topological polar surface area (TPSA) is 22.0 Å². The number of benzene rings is 1. The van der Waals surface area contributed by atoms with Crippen molar-refractivity contribution in [2.24, 2.45) is 0 Å². The average molecular weight is 259 g/mol. The molecule has 1 aromatic carbocycles. The SMILES string of the molecule is C/C(=C(\F)C=O)c1ccc2c(c1)cc(C)n2C(C)C. The monoisotopic (exact) mass is 259 g/mol. The lowest BCUT2D eigenvalue weighted by molar-refractivity contribution is -0.106. The minimum absolute atomic E-state index is 0.254. The lowest BCUT2D eigenvalue weighted by Gasteiger charge is -2.12. The van der Waals surface area contributed by atoms with Crippen LogP contribution in [0.4, 0.5) is 4.39 Å². The van der Waals surface area contributed by atoms with Crippen LogP contribution in [0.15, 0.2) is 30.1 Å². The highest BCUT2D eigenvalue weighted by atomic mass is 19.1. The van der Waals surface area contributed by atoms with Gasteiger partial charge in [0.25, 0.3) is 0 Å². The van der Waals surface area contributed by atoms with E-state index in [-0.39, 0.29) is 6.29 Å². The first-order valence-electron chi connectivity index (χ1n) is 6.39. The Hall–Kier alpha value is -1.90. The van der Waals surface area contributed by atoms with Crippen molar-refractivity contribution < 1.29 is 9.18 Å². The van der Waals surface area contributed by atoms with Crippen molar-refractivity contribution in [2.75, 3.05) is 0 Å². The van der Waals surface area contributed by atoms with Gasteiger partial charge in [-0.2, -0.15) is 0 Å². The van der Waals surface area contributed by atoms with Gasteiger partial charge in [-0.1, -0.05) is 6.07 Å². The Labute approximate surface area is 112 Å². The fraction of sp³-hybridized carbons (Fsp3) is 0.312. The maximum absolute atomic E-state index is 13.3. The van der Waals surface area contributed by atoms with Crippen LogP contribution in [0, 0.1) is 6.92 Å². The number of hydrogen-bond acceptors (Lipinski definition) is 1. The van der Waals surface area contributed by atoms with Gasteiger partial charge in [-0.15, -0.1) is 0 Å². The summed E-state index contributed by atoms with van der Waals surface area (Å²) >= 11 is 0. The third kappa shape index (κ3) is 2.33. The summed E-state index contributed by atoms with van der Waals surface area (Å²) < 4.78 is 15.6. The molecule has 0 unspecified atom stereocenters. The van der Waals surface area contributed by atoms with E-state index in [4.69, 9.17) is 0 Å². The predicted octanol–water partition coefficient (Wildman–Crippen LogP) is 4.43. The molecule has 3 heteroatoms. The molecule has 0 radical (unpaired) electrons. The van der Waals surface area contributed by atoms with Crippen molar-refractivity contribution in [3.8, 4) is 0 Å². The zero-order chi connectivity index (χ0) is 14.2. The molecule has 2 rings (SSSR count). The highest BCUT2D eigenvalue weighted by Crippen LogP contribution is 2.27. The summed E-state index contributed by atoms with van der Waals surface area (Å²) in [6.07, 6.45) is 0.254. The number of halogens is 1. The number of allylic oxidation sites excluding steroid dienone is 2. The van der Waals surface area contributed by atoms with Crippen molar-refractivity contribution >= 4 is 22.8 Å². The van der Waals surface area contributed by atoms with Crippen molar-refractivity contribution in [3.63, 3.8) is 0 Å². The van der Waals surface area contributed by atoms with Gasteiger partial charge in [-0.25, -0.2) is 4.39 Å². The van der Waals surface area contributed by atoms with E-state index in [2.05, 4.69) is 31.4 Å². The quantitative estimate of drug-likeness (QED) is 0.590. The third-order valence-corrected chi connectivity index (χ3v) is 3.44. The number of fused-ring (bicyclic) bond motifs is 1. The molecule has 0 amide bonds. The summed E-state index contributed by atoms with van der Waals surface area (Å²) in [5, 5.41) is 1.07. The van der Waals surface area contributed by atoms with Crippen LogP contribution in [0.5, 0.6) is 0 Å². The Bertz CT molecular complexity index is 665. The second-order valence-corrected chi connectivity index (χ2v) is 5.11. The molecule has 0 aliphatic rings. The zero-order valence-corrected chi connectivity index (χ0v) is 11.7. The molecule has 0 aliphatic carbocycles. The Morgan fingerprint density at radius 3 is 2.58 bits per heavy atom. The molecule has 1 aromatic heterocycles. The van der Waals surface area contributed by atoms with E-state index in [0.717, 1.165) is 16.5 Å². The first kappa shape index (κ1) is 13.5. The summed E-state index contributed by atoms with van der Waals surface area (Å²) in [6, 6.07) is 8.25. The normalized spacial score (nSPS) is 12.9.